The molecule has 92 valence electrons. The highest BCUT2D eigenvalue weighted by molar-refractivity contribution is 14.1. The summed E-state index contributed by atoms with van der Waals surface area (Å²) in [6.07, 6.45) is 3.58. The van der Waals surface area contributed by atoms with Gasteiger partial charge in [0.05, 0.1) is 6.10 Å². The van der Waals surface area contributed by atoms with Crippen LogP contribution >= 0.6 is 22.6 Å². The zero-order valence-electron chi connectivity index (χ0n) is 9.62. The van der Waals surface area contributed by atoms with E-state index in [4.69, 9.17) is 4.74 Å². The van der Waals surface area contributed by atoms with Crippen LogP contribution in [-0.2, 0) is 4.74 Å². The highest BCUT2D eigenvalue weighted by atomic mass is 127. The number of hydrogen-bond acceptors (Lipinski definition) is 2. The molecular weight excluding hydrogens is 329 g/mol. The Bertz CT molecular complexity index is 372. The minimum absolute atomic E-state index is 0.0180. The van der Waals surface area contributed by atoms with Crippen LogP contribution in [0, 0.1) is 3.57 Å². The van der Waals surface area contributed by atoms with Crippen molar-refractivity contribution in [3.05, 3.63) is 33.4 Å². The van der Waals surface area contributed by atoms with Crippen LogP contribution in [0.4, 0.5) is 0 Å². The normalized spacial score (nSPS) is 19.9. The van der Waals surface area contributed by atoms with Gasteiger partial charge in [0.15, 0.2) is 0 Å². The van der Waals surface area contributed by atoms with Gasteiger partial charge in [-0.15, -0.1) is 0 Å². The van der Waals surface area contributed by atoms with Crippen molar-refractivity contribution in [3.63, 3.8) is 0 Å². The predicted octanol–water partition coefficient (Wildman–Crippen LogP) is 2.59. The molecule has 1 aliphatic heterocycles. The van der Waals surface area contributed by atoms with E-state index in [0.29, 0.717) is 12.1 Å². The lowest BCUT2D eigenvalue weighted by Crippen LogP contribution is -2.35. The summed E-state index contributed by atoms with van der Waals surface area (Å²) in [4.78, 5) is 11.8. The number of halogens is 1. The number of carbonyl (C=O) groups is 1. The molecule has 0 radical (unpaired) electrons. The molecule has 1 aromatic rings. The molecule has 0 bridgehead atoms. The first-order chi connectivity index (χ1) is 8.25. The second kappa shape index (κ2) is 6.35. The molecule has 0 aliphatic carbocycles. The lowest BCUT2D eigenvalue weighted by molar-refractivity contribution is 0.0169. The first kappa shape index (κ1) is 12.8. The van der Waals surface area contributed by atoms with Crippen LogP contribution in [0.3, 0.4) is 0 Å². The van der Waals surface area contributed by atoms with Gasteiger partial charge >= 0.3 is 0 Å². The summed E-state index contributed by atoms with van der Waals surface area (Å²) < 4.78 is 6.70. The van der Waals surface area contributed by atoms with E-state index in [0.717, 1.165) is 23.0 Å². The van der Waals surface area contributed by atoms with Crippen LogP contribution in [0.25, 0.3) is 0 Å². The van der Waals surface area contributed by atoms with Gasteiger partial charge in [-0.3, -0.25) is 4.79 Å². The van der Waals surface area contributed by atoms with Gasteiger partial charge in [0.2, 0.25) is 0 Å². The molecule has 1 atom stereocenters. The quantitative estimate of drug-likeness (QED) is 0.856. The fraction of sp³-hybridized carbons (Fsp3) is 0.462. The van der Waals surface area contributed by atoms with Crippen molar-refractivity contribution in [2.75, 3.05) is 13.2 Å². The van der Waals surface area contributed by atoms with Gasteiger partial charge in [-0.05, 0) is 66.1 Å². The van der Waals surface area contributed by atoms with Crippen LogP contribution in [-0.4, -0.2) is 25.2 Å². The second-order valence-corrected chi connectivity index (χ2v) is 5.45. The number of amides is 1. The number of hydrogen-bond donors (Lipinski definition) is 1. The summed E-state index contributed by atoms with van der Waals surface area (Å²) in [5, 5.41) is 2.92. The van der Waals surface area contributed by atoms with Crippen LogP contribution in [0.5, 0.6) is 0 Å². The lowest BCUT2D eigenvalue weighted by Gasteiger charge is -2.22. The molecular formula is C13H16INO2. The number of benzene rings is 1. The minimum Gasteiger partial charge on any atom is -0.376 e. The molecule has 1 aliphatic rings. The maximum absolute atomic E-state index is 11.8. The third kappa shape index (κ3) is 3.96. The van der Waals surface area contributed by atoms with Crippen LogP contribution < -0.4 is 5.32 Å². The van der Waals surface area contributed by atoms with Gasteiger partial charge in [0.25, 0.3) is 5.91 Å². The molecule has 3 nitrogen and oxygen atoms in total. The Labute approximate surface area is 115 Å². The Hall–Kier alpha value is -0.620. The fourth-order valence-corrected chi connectivity index (χ4v) is 2.24. The number of rotatable bonds is 3. The van der Waals surface area contributed by atoms with Gasteiger partial charge in [-0.1, -0.05) is 0 Å². The monoisotopic (exact) mass is 345 g/mol. The van der Waals surface area contributed by atoms with Gasteiger partial charge in [-0.2, -0.15) is 0 Å². The third-order valence-electron chi connectivity index (χ3n) is 2.87. The van der Waals surface area contributed by atoms with Crippen LogP contribution in [0.1, 0.15) is 29.6 Å². The van der Waals surface area contributed by atoms with Gasteiger partial charge in [-0.25, -0.2) is 0 Å². The molecule has 2 rings (SSSR count). The van der Waals surface area contributed by atoms with E-state index >= 15 is 0 Å². The molecule has 0 aromatic heterocycles. The fourth-order valence-electron chi connectivity index (χ4n) is 1.88. The zero-order chi connectivity index (χ0) is 12.1. The Morgan fingerprint density at radius 1 is 1.35 bits per heavy atom. The summed E-state index contributed by atoms with van der Waals surface area (Å²) in [7, 11) is 0. The first-order valence-corrected chi connectivity index (χ1v) is 6.99. The minimum atomic E-state index is -0.0180. The van der Waals surface area contributed by atoms with E-state index < -0.39 is 0 Å². The summed E-state index contributed by atoms with van der Waals surface area (Å²) in [5.74, 6) is -0.0180. The maximum Gasteiger partial charge on any atom is 0.251 e. The van der Waals surface area contributed by atoms with Gasteiger partial charge in [0, 0.05) is 22.3 Å². The van der Waals surface area contributed by atoms with E-state index in [-0.39, 0.29) is 12.0 Å². The lowest BCUT2D eigenvalue weighted by atomic mass is 10.1. The Balaban J connectivity index is 1.82. The van der Waals surface area contributed by atoms with Crippen LogP contribution in [0.15, 0.2) is 24.3 Å². The second-order valence-electron chi connectivity index (χ2n) is 4.21. The van der Waals surface area contributed by atoms with Crippen molar-refractivity contribution in [2.24, 2.45) is 0 Å². The Morgan fingerprint density at radius 2 is 2.12 bits per heavy atom. The van der Waals surface area contributed by atoms with Crippen molar-refractivity contribution in [1.29, 1.82) is 0 Å². The largest absolute Gasteiger partial charge is 0.376 e. The van der Waals surface area contributed by atoms with Crippen molar-refractivity contribution in [3.8, 4) is 0 Å². The smallest absolute Gasteiger partial charge is 0.251 e. The van der Waals surface area contributed by atoms with Gasteiger partial charge in [0.1, 0.15) is 0 Å². The average Bonchev–Trinajstić information content (AvgIpc) is 2.38. The van der Waals surface area contributed by atoms with Gasteiger partial charge < -0.3 is 10.1 Å². The molecule has 1 fully saturated rings. The van der Waals surface area contributed by atoms with E-state index in [1.807, 2.05) is 24.3 Å². The SMILES string of the molecule is O=C(NCC1CCCCO1)c1ccc(I)cc1. The Morgan fingerprint density at radius 3 is 2.76 bits per heavy atom. The predicted molar refractivity (Wildman–Crippen MR) is 75.1 cm³/mol. The Kier molecular flexibility index (Phi) is 4.79. The topological polar surface area (TPSA) is 38.3 Å². The molecule has 17 heavy (non-hydrogen) atoms. The number of nitrogens with one attached hydrogen (secondary N) is 1. The molecule has 1 amide bonds. The molecule has 1 aromatic carbocycles. The molecule has 0 saturated carbocycles. The molecule has 1 unspecified atom stereocenters. The summed E-state index contributed by atoms with van der Waals surface area (Å²) in [6.45, 7) is 1.44. The number of ether oxygens (including phenoxy) is 1. The standard InChI is InChI=1S/C13H16INO2/c14-11-6-4-10(5-7-11)13(16)15-9-12-3-1-2-8-17-12/h4-7,12H,1-3,8-9H2,(H,15,16). The number of carbonyl (C=O) groups excluding carboxylic acids is 1. The van der Waals surface area contributed by atoms with Crippen molar-refractivity contribution in [1.82, 2.24) is 5.32 Å². The average molecular weight is 345 g/mol. The van der Waals surface area contributed by atoms with E-state index in [2.05, 4.69) is 27.9 Å². The van der Waals surface area contributed by atoms with Crippen molar-refractivity contribution >= 4 is 28.5 Å². The molecule has 1 heterocycles. The molecule has 1 saturated heterocycles. The van der Waals surface area contributed by atoms with E-state index in [1.165, 1.54) is 6.42 Å². The zero-order valence-corrected chi connectivity index (χ0v) is 11.8. The summed E-state index contributed by atoms with van der Waals surface area (Å²) >= 11 is 2.22. The molecule has 0 spiro atoms. The van der Waals surface area contributed by atoms with Crippen LogP contribution in [0.2, 0.25) is 0 Å². The summed E-state index contributed by atoms with van der Waals surface area (Å²) in [5.41, 5.74) is 0.709. The summed E-state index contributed by atoms with van der Waals surface area (Å²) in [6, 6.07) is 7.57. The van der Waals surface area contributed by atoms with E-state index in [9.17, 15) is 4.79 Å². The van der Waals surface area contributed by atoms with Crippen molar-refractivity contribution in [2.45, 2.75) is 25.4 Å². The van der Waals surface area contributed by atoms with E-state index in [1.54, 1.807) is 0 Å². The highest BCUT2D eigenvalue weighted by Crippen LogP contribution is 2.12. The molecule has 1 N–H and O–H groups in total. The highest BCUT2D eigenvalue weighted by Gasteiger charge is 2.15. The van der Waals surface area contributed by atoms with Crippen molar-refractivity contribution < 1.29 is 9.53 Å². The molecule has 4 heteroatoms. The maximum atomic E-state index is 11.8. The first-order valence-electron chi connectivity index (χ1n) is 5.91. The third-order valence-corrected chi connectivity index (χ3v) is 3.59.